The molecule has 0 aliphatic heterocycles. The zero-order valence-corrected chi connectivity index (χ0v) is 16.2. The first-order valence-electron chi connectivity index (χ1n) is 9.12. The van der Waals surface area contributed by atoms with Crippen LogP contribution in [0.4, 0.5) is 23.2 Å². The van der Waals surface area contributed by atoms with Crippen molar-refractivity contribution >= 4 is 22.5 Å². The molecule has 1 amide bonds. The van der Waals surface area contributed by atoms with Crippen molar-refractivity contribution in [3.05, 3.63) is 69.1 Å². The third kappa shape index (κ3) is 4.93. The predicted octanol–water partition coefficient (Wildman–Crippen LogP) is 2.90. The number of alkyl halides is 3. The fourth-order valence-corrected chi connectivity index (χ4v) is 3.02. The zero-order chi connectivity index (χ0) is 22.8. The van der Waals surface area contributed by atoms with Crippen LogP contribution in [0.3, 0.4) is 0 Å². The Morgan fingerprint density at radius 1 is 1.10 bits per heavy atom. The first kappa shape index (κ1) is 22.1. The minimum atomic E-state index is -4.63. The largest absolute Gasteiger partial charge is 0.482 e. The molecule has 0 aliphatic rings. The highest BCUT2D eigenvalue weighted by atomic mass is 19.4. The zero-order valence-electron chi connectivity index (χ0n) is 16.2. The SMILES string of the molecule is CCn1c(=O)c2ccccc2n(CC(=O)Nc2cc(F)ccc2OCC(F)(F)F)c1=O. The molecule has 31 heavy (non-hydrogen) atoms. The van der Waals surface area contributed by atoms with E-state index in [4.69, 9.17) is 0 Å². The number of carbonyl (C=O) groups is 1. The van der Waals surface area contributed by atoms with Gasteiger partial charge >= 0.3 is 11.9 Å². The summed E-state index contributed by atoms with van der Waals surface area (Å²) in [5.74, 6) is -2.02. The molecule has 7 nitrogen and oxygen atoms in total. The number of rotatable bonds is 6. The monoisotopic (exact) mass is 439 g/mol. The molecule has 2 aromatic carbocycles. The lowest BCUT2D eigenvalue weighted by atomic mass is 10.2. The Hall–Kier alpha value is -3.63. The van der Waals surface area contributed by atoms with E-state index in [9.17, 15) is 31.9 Å². The van der Waals surface area contributed by atoms with Crippen molar-refractivity contribution < 1.29 is 27.1 Å². The number of ether oxygens (including phenoxy) is 1. The molecule has 3 aromatic rings. The number of benzene rings is 2. The van der Waals surface area contributed by atoms with Gasteiger partial charge in [-0.25, -0.2) is 9.18 Å². The fraction of sp³-hybridized carbons (Fsp3) is 0.250. The number of anilines is 1. The van der Waals surface area contributed by atoms with E-state index in [1.54, 1.807) is 19.1 Å². The van der Waals surface area contributed by atoms with Gasteiger partial charge in [-0.2, -0.15) is 13.2 Å². The van der Waals surface area contributed by atoms with Crippen molar-refractivity contribution in [1.29, 1.82) is 0 Å². The second-order valence-electron chi connectivity index (χ2n) is 6.53. The van der Waals surface area contributed by atoms with Crippen molar-refractivity contribution in [3.8, 4) is 5.75 Å². The molecular weight excluding hydrogens is 422 g/mol. The summed E-state index contributed by atoms with van der Waals surface area (Å²) in [6, 6.07) is 8.83. The van der Waals surface area contributed by atoms with Gasteiger partial charge in [0.25, 0.3) is 5.56 Å². The molecule has 1 aromatic heterocycles. The topological polar surface area (TPSA) is 82.3 Å². The van der Waals surface area contributed by atoms with E-state index in [0.717, 1.165) is 27.3 Å². The lowest BCUT2D eigenvalue weighted by Crippen LogP contribution is -2.41. The molecule has 0 atom stereocenters. The van der Waals surface area contributed by atoms with Crippen molar-refractivity contribution in [2.75, 3.05) is 11.9 Å². The van der Waals surface area contributed by atoms with Crippen LogP contribution in [0.25, 0.3) is 10.9 Å². The third-order valence-corrected chi connectivity index (χ3v) is 4.36. The summed E-state index contributed by atoms with van der Waals surface area (Å²) in [7, 11) is 0. The van der Waals surface area contributed by atoms with Crippen LogP contribution in [0.15, 0.2) is 52.1 Å². The molecule has 0 saturated heterocycles. The van der Waals surface area contributed by atoms with Crippen LogP contribution in [0.5, 0.6) is 5.75 Å². The number of carbonyl (C=O) groups excluding carboxylic acids is 1. The number of nitrogens with one attached hydrogen (secondary N) is 1. The lowest BCUT2D eigenvalue weighted by molar-refractivity contribution is -0.153. The number of hydrogen-bond acceptors (Lipinski definition) is 4. The first-order valence-corrected chi connectivity index (χ1v) is 9.12. The first-order chi connectivity index (χ1) is 14.6. The Morgan fingerprint density at radius 3 is 2.48 bits per heavy atom. The molecular formula is C20H17F4N3O4. The molecule has 0 fully saturated rings. The minimum absolute atomic E-state index is 0.0729. The molecule has 0 bridgehead atoms. The Kier molecular flexibility index (Phi) is 6.14. The molecule has 0 aliphatic carbocycles. The van der Waals surface area contributed by atoms with Gasteiger partial charge in [0.05, 0.1) is 16.6 Å². The molecule has 164 valence electrons. The van der Waals surface area contributed by atoms with E-state index in [0.29, 0.717) is 0 Å². The molecule has 0 radical (unpaired) electrons. The maximum absolute atomic E-state index is 13.6. The Balaban J connectivity index is 1.94. The van der Waals surface area contributed by atoms with Gasteiger partial charge in [0.1, 0.15) is 18.1 Å². The standard InChI is InChI=1S/C20H17F4N3O4/c1-2-26-18(29)13-5-3-4-6-15(13)27(19(26)30)10-17(28)25-14-9-12(21)7-8-16(14)31-11-20(22,23)24/h3-9H,2,10-11H2,1H3,(H,25,28). The predicted molar refractivity (Wildman–Crippen MR) is 105 cm³/mol. The van der Waals surface area contributed by atoms with Gasteiger partial charge in [-0.15, -0.1) is 0 Å². The Bertz CT molecular complexity index is 1250. The number of hydrogen-bond donors (Lipinski definition) is 1. The van der Waals surface area contributed by atoms with Crippen LogP contribution in [0.1, 0.15) is 6.92 Å². The summed E-state index contributed by atoms with van der Waals surface area (Å²) in [4.78, 5) is 37.7. The van der Waals surface area contributed by atoms with E-state index in [1.165, 1.54) is 12.1 Å². The van der Waals surface area contributed by atoms with Gasteiger partial charge in [-0.3, -0.25) is 18.7 Å². The molecule has 0 unspecified atom stereocenters. The average Bonchev–Trinajstić information content (AvgIpc) is 2.70. The van der Waals surface area contributed by atoms with Crippen LogP contribution in [-0.2, 0) is 17.9 Å². The second-order valence-corrected chi connectivity index (χ2v) is 6.53. The normalized spacial score (nSPS) is 11.5. The Labute approximate surface area is 172 Å². The minimum Gasteiger partial charge on any atom is -0.482 e. The molecule has 1 heterocycles. The number of nitrogens with zero attached hydrogens (tertiary/aromatic N) is 2. The fourth-order valence-electron chi connectivity index (χ4n) is 3.02. The van der Waals surface area contributed by atoms with Crippen molar-refractivity contribution in [3.63, 3.8) is 0 Å². The molecule has 0 spiro atoms. The third-order valence-electron chi connectivity index (χ3n) is 4.36. The smallest absolute Gasteiger partial charge is 0.422 e. The van der Waals surface area contributed by atoms with Gasteiger partial charge in [-0.05, 0) is 31.2 Å². The summed E-state index contributed by atoms with van der Waals surface area (Å²) in [5, 5.41) is 2.48. The van der Waals surface area contributed by atoms with Crippen molar-refractivity contribution in [2.45, 2.75) is 26.2 Å². The van der Waals surface area contributed by atoms with Gasteiger partial charge in [-0.1, -0.05) is 12.1 Å². The highest BCUT2D eigenvalue weighted by Crippen LogP contribution is 2.27. The van der Waals surface area contributed by atoms with Crippen LogP contribution in [0, 0.1) is 5.82 Å². The molecule has 3 rings (SSSR count). The van der Waals surface area contributed by atoms with Crippen LogP contribution >= 0.6 is 0 Å². The number of aromatic nitrogens is 2. The van der Waals surface area contributed by atoms with Gasteiger partial charge in [0.15, 0.2) is 6.61 Å². The van der Waals surface area contributed by atoms with Gasteiger partial charge < -0.3 is 10.1 Å². The van der Waals surface area contributed by atoms with E-state index in [1.807, 2.05) is 0 Å². The summed E-state index contributed by atoms with van der Waals surface area (Å²) < 4.78 is 57.6. The van der Waals surface area contributed by atoms with Crippen molar-refractivity contribution in [2.24, 2.45) is 0 Å². The van der Waals surface area contributed by atoms with Crippen LogP contribution in [0.2, 0.25) is 0 Å². The second kappa shape index (κ2) is 8.62. The highest BCUT2D eigenvalue weighted by Gasteiger charge is 2.29. The molecule has 1 N–H and O–H groups in total. The lowest BCUT2D eigenvalue weighted by Gasteiger charge is -2.16. The number of amides is 1. The number of para-hydroxylation sites is 1. The average molecular weight is 439 g/mol. The molecule has 0 saturated carbocycles. The van der Waals surface area contributed by atoms with E-state index in [-0.39, 0.29) is 28.9 Å². The van der Waals surface area contributed by atoms with Gasteiger partial charge in [0.2, 0.25) is 5.91 Å². The Morgan fingerprint density at radius 2 is 1.81 bits per heavy atom. The van der Waals surface area contributed by atoms with Crippen molar-refractivity contribution in [1.82, 2.24) is 9.13 Å². The van der Waals surface area contributed by atoms with E-state index in [2.05, 4.69) is 10.1 Å². The maximum atomic E-state index is 13.6. The summed E-state index contributed by atoms with van der Waals surface area (Å²) in [6.07, 6.45) is -4.63. The highest BCUT2D eigenvalue weighted by molar-refractivity contribution is 5.93. The molecule has 11 heteroatoms. The van der Waals surface area contributed by atoms with E-state index < -0.39 is 42.3 Å². The van der Waals surface area contributed by atoms with Crippen LogP contribution < -0.4 is 21.3 Å². The number of halogens is 4. The number of fused-ring (bicyclic) bond motifs is 1. The van der Waals surface area contributed by atoms with E-state index >= 15 is 0 Å². The summed E-state index contributed by atoms with van der Waals surface area (Å²) in [6.45, 7) is -0.523. The van der Waals surface area contributed by atoms with Gasteiger partial charge in [0, 0.05) is 12.6 Å². The van der Waals surface area contributed by atoms with Crippen LogP contribution in [-0.4, -0.2) is 27.8 Å². The quantitative estimate of drug-likeness (QED) is 0.599. The summed E-state index contributed by atoms with van der Waals surface area (Å²) >= 11 is 0. The summed E-state index contributed by atoms with van der Waals surface area (Å²) in [5.41, 5.74) is -1.34. The maximum Gasteiger partial charge on any atom is 0.422 e.